The van der Waals surface area contributed by atoms with Crippen LogP contribution in [0.1, 0.15) is 88.6 Å². The van der Waals surface area contributed by atoms with Crippen molar-refractivity contribution < 1.29 is 8.97 Å². The molecule has 0 bridgehead atoms. The zero-order valence-corrected chi connectivity index (χ0v) is 22.5. The molecular weight excluding hydrogens is 395 g/mol. The predicted molar refractivity (Wildman–Crippen MR) is 140 cm³/mol. The molecular formula is C29H46FN2+. The average molecular weight is 442 g/mol. The lowest BCUT2D eigenvalue weighted by Gasteiger charge is -2.45. The topological polar surface area (TPSA) is 6.25 Å². The van der Waals surface area contributed by atoms with Gasteiger partial charge in [0, 0.05) is 23.4 Å². The molecule has 0 heterocycles. The van der Waals surface area contributed by atoms with E-state index in [4.69, 9.17) is 0 Å². The second kappa shape index (κ2) is 10.2. The minimum atomic E-state index is -0.225. The van der Waals surface area contributed by atoms with E-state index < -0.39 is 0 Å². The highest BCUT2D eigenvalue weighted by atomic mass is 19.1. The Morgan fingerprint density at radius 1 is 0.750 bits per heavy atom. The van der Waals surface area contributed by atoms with Crippen molar-refractivity contribution in [3.05, 3.63) is 66.2 Å². The molecule has 1 rings (SSSR count). The Labute approximate surface area is 197 Å². The van der Waals surface area contributed by atoms with Gasteiger partial charge in [-0.25, -0.2) is 8.97 Å². The lowest BCUT2D eigenvalue weighted by molar-refractivity contribution is -0.652. The maximum atomic E-state index is 13.5. The molecule has 0 amide bonds. The van der Waals surface area contributed by atoms with Gasteiger partial charge in [-0.05, 0) is 119 Å². The predicted octanol–water partition coefficient (Wildman–Crippen LogP) is 7.86. The number of benzene rings is 1. The molecule has 0 fully saturated rings. The first-order chi connectivity index (χ1) is 14.3. The monoisotopic (exact) mass is 441 g/mol. The van der Waals surface area contributed by atoms with E-state index in [1.807, 2.05) is 12.1 Å². The standard InChI is InChI=1S/C29H46FN2/c1-26(2,3)31(27(4,5)6)21-13-15-23(24-17-19-25(30)20-18-24)16-14-22-32(28(7,8)9)29(10,11)12/h13-22H,1-12H3/q+1. The zero-order valence-electron chi connectivity index (χ0n) is 22.5. The minimum Gasteiger partial charge on any atom is -0.368 e. The highest BCUT2D eigenvalue weighted by Gasteiger charge is 2.34. The van der Waals surface area contributed by atoms with Crippen molar-refractivity contribution >= 4 is 11.8 Å². The molecule has 0 saturated carbocycles. The van der Waals surface area contributed by atoms with Crippen molar-refractivity contribution in [3.63, 3.8) is 0 Å². The first-order valence-corrected chi connectivity index (χ1v) is 11.6. The van der Waals surface area contributed by atoms with Gasteiger partial charge >= 0.3 is 0 Å². The number of hydrogen-bond donors (Lipinski definition) is 0. The normalized spacial score (nSPS) is 14.3. The van der Waals surface area contributed by atoms with Gasteiger partial charge in [0.15, 0.2) is 17.3 Å². The van der Waals surface area contributed by atoms with Gasteiger partial charge in [-0.3, -0.25) is 0 Å². The van der Waals surface area contributed by atoms with Crippen molar-refractivity contribution in [2.75, 3.05) is 0 Å². The van der Waals surface area contributed by atoms with Gasteiger partial charge in [0.1, 0.15) is 5.82 Å². The molecule has 1 aromatic rings. The van der Waals surface area contributed by atoms with Crippen molar-refractivity contribution in [2.45, 2.75) is 105 Å². The molecule has 0 N–H and O–H groups in total. The van der Waals surface area contributed by atoms with Crippen molar-refractivity contribution in [1.29, 1.82) is 0 Å². The summed E-state index contributed by atoms with van der Waals surface area (Å²) in [7, 11) is 0. The van der Waals surface area contributed by atoms with Gasteiger partial charge in [-0.15, -0.1) is 0 Å². The van der Waals surface area contributed by atoms with Gasteiger partial charge in [0.05, 0.1) is 0 Å². The van der Waals surface area contributed by atoms with Gasteiger partial charge in [0.2, 0.25) is 0 Å². The van der Waals surface area contributed by atoms with Gasteiger partial charge in [-0.2, -0.15) is 0 Å². The van der Waals surface area contributed by atoms with Gasteiger partial charge in [-0.1, -0.05) is 18.2 Å². The summed E-state index contributed by atoms with van der Waals surface area (Å²) in [5.41, 5.74) is 2.02. The number of hydrogen-bond acceptors (Lipinski definition) is 1. The molecule has 0 unspecified atom stereocenters. The smallest absolute Gasteiger partial charge is 0.164 e. The Morgan fingerprint density at radius 3 is 1.62 bits per heavy atom. The highest BCUT2D eigenvalue weighted by molar-refractivity contribution is 5.80. The highest BCUT2D eigenvalue weighted by Crippen LogP contribution is 2.25. The van der Waals surface area contributed by atoms with Crippen LogP contribution in [0.5, 0.6) is 0 Å². The van der Waals surface area contributed by atoms with Crippen LogP contribution in [0.15, 0.2) is 54.8 Å². The third-order valence-electron chi connectivity index (χ3n) is 5.09. The summed E-state index contributed by atoms with van der Waals surface area (Å²) in [6, 6.07) is 6.68. The van der Waals surface area contributed by atoms with Crippen LogP contribution in [0.25, 0.3) is 5.57 Å². The van der Waals surface area contributed by atoms with E-state index in [-0.39, 0.29) is 28.0 Å². The van der Waals surface area contributed by atoms with Crippen LogP contribution in [-0.2, 0) is 0 Å². The number of rotatable bonds is 5. The molecule has 0 spiro atoms. The van der Waals surface area contributed by atoms with Crippen molar-refractivity contribution in [3.8, 4) is 0 Å². The minimum absolute atomic E-state index is 0.00215. The Morgan fingerprint density at radius 2 is 1.22 bits per heavy atom. The summed E-state index contributed by atoms with van der Waals surface area (Å²) < 4.78 is 15.9. The van der Waals surface area contributed by atoms with Crippen LogP contribution in [0, 0.1) is 5.82 Å². The first kappa shape index (κ1) is 27.9. The Hall–Kier alpha value is -2.16. The summed E-state index contributed by atoms with van der Waals surface area (Å²) >= 11 is 0. The maximum absolute atomic E-state index is 13.5. The van der Waals surface area contributed by atoms with E-state index in [9.17, 15) is 4.39 Å². The van der Waals surface area contributed by atoms with Crippen LogP contribution in [0.4, 0.5) is 4.39 Å². The summed E-state index contributed by atoms with van der Waals surface area (Å²) in [6.45, 7) is 26.6. The Bertz CT molecular complexity index is 826. The molecule has 0 aliphatic rings. The number of halogens is 1. The van der Waals surface area contributed by atoms with Crippen LogP contribution < -0.4 is 0 Å². The molecule has 0 radical (unpaired) electrons. The molecule has 0 aliphatic carbocycles. The maximum Gasteiger partial charge on any atom is 0.164 e. The molecule has 0 saturated heterocycles. The Kier molecular flexibility index (Phi) is 8.87. The van der Waals surface area contributed by atoms with Crippen molar-refractivity contribution in [1.82, 2.24) is 4.90 Å². The van der Waals surface area contributed by atoms with E-state index in [2.05, 4.69) is 129 Å². The van der Waals surface area contributed by atoms with E-state index in [0.717, 1.165) is 11.1 Å². The molecule has 0 atom stereocenters. The van der Waals surface area contributed by atoms with E-state index in [1.165, 1.54) is 12.1 Å². The quantitative estimate of drug-likeness (QED) is 0.256. The largest absolute Gasteiger partial charge is 0.368 e. The molecule has 3 heteroatoms. The summed E-state index contributed by atoms with van der Waals surface area (Å²) in [5.74, 6) is -0.225. The molecule has 0 aliphatic heterocycles. The SMILES string of the molecule is CC(C)(C)N(/C=C/C=C(/C=C/C=[N+](C(C)(C)C)C(C)(C)C)c1ccc(F)cc1)C(C)(C)C. The summed E-state index contributed by atoms with van der Waals surface area (Å²) in [5, 5.41) is 0. The van der Waals surface area contributed by atoms with Gasteiger partial charge < -0.3 is 4.90 Å². The van der Waals surface area contributed by atoms with E-state index in [1.54, 1.807) is 0 Å². The fourth-order valence-electron chi connectivity index (χ4n) is 4.26. The zero-order chi connectivity index (χ0) is 25.0. The van der Waals surface area contributed by atoms with Crippen LogP contribution >= 0.6 is 0 Å². The fourth-order valence-corrected chi connectivity index (χ4v) is 4.26. The van der Waals surface area contributed by atoms with Crippen LogP contribution in [0.2, 0.25) is 0 Å². The lowest BCUT2D eigenvalue weighted by Crippen LogP contribution is -2.48. The molecule has 2 nitrogen and oxygen atoms in total. The number of allylic oxidation sites excluding steroid dienone is 5. The number of nitrogens with zero attached hydrogens (tertiary/aromatic N) is 2. The van der Waals surface area contributed by atoms with Gasteiger partial charge in [0.25, 0.3) is 0 Å². The molecule has 32 heavy (non-hydrogen) atoms. The summed E-state index contributed by atoms with van der Waals surface area (Å²) in [6.07, 6.45) is 12.7. The second-order valence-electron chi connectivity index (χ2n) is 12.4. The first-order valence-electron chi connectivity index (χ1n) is 11.6. The second-order valence-corrected chi connectivity index (χ2v) is 12.4. The molecule has 0 aromatic heterocycles. The summed E-state index contributed by atoms with van der Waals surface area (Å²) in [4.78, 5) is 2.36. The van der Waals surface area contributed by atoms with Crippen molar-refractivity contribution in [2.24, 2.45) is 0 Å². The Balaban J connectivity index is 3.43. The van der Waals surface area contributed by atoms with Crippen LogP contribution in [-0.4, -0.2) is 37.8 Å². The van der Waals surface area contributed by atoms with E-state index in [0.29, 0.717) is 0 Å². The lowest BCUT2D eigenvalue weighted by atomic mass is 9.97. The third-order valence-corrected chi connectivity index (χ3v) is 5.09. The van der Waals surface area contributed by atoms with Crippen LogP contribution in [0.3, 0.4) is 0 Å². The molecule has 1 aromatic carbocycles. The fraction of sp³-hybridized carbons (Fsp3) is 0.552. The third kappa shape index (κ3) is 8.76. The average Bonchev–Trinajstić information content (AvgIpc) is 2.56. The molecule has 178 valence electrons. The van der Waals surface area contributed by atoms with E-state index >= 15 is 0 Å².